The lowest BCUT2D eigenvalue weighted by Crippen LogP contribution is -2.42. The van der Waals surface area contributed by atoms with Crippen molar-refractivity contribution in [1.29, 1.82) is 0 Å². The summed E-state index contributed by atoms with van der Waals surface area (Å²) in [4.78, 5) is 23.9. The van der Waals surface area contributed by atoms with E-state index in [1.54, 1.807) is 18.2 Å². The number of rotatable bonds is 5. The first-order chi connectivity index (χ1) is 9.36. The average Bonchev–Trinajstić information content (AvgIpc) is 2.39. The Labute approximate surface area is 127 Å². The molecular weight excluding hydrogens is 324 g/mol. The zero-order chi connectivity index (χ0) is 15.3. The molecule has 0 heterocycles. The standard InChI is InChI=1S/C14H19BrN2O3/c1-8(2)7-11(14(19)20-3)17-13(18)9-5-4-6-10(16)12(9)15/h4-6,8,11H,7,16H2,1-3H3,(H,17,18). The Morgan fingerprint density at radius 1 is 1.40 bits per heavy atom. The van der Waals surface area contributed by atoms with Gasteiger partial charge in [0.25, 0.3) is 5.91 Å². The molecule has 0 fully saturated rings. The predicted molar refractivity (Wildman–Crippen MR) is 81.3 cm³/mol. The number of hydrogen-bond donors (Lipinski definition) is 2. The molecule has 0 saturated heterocycles. The topological polar surface area (TPSA) is 81.4 Å². The third-order valence-electron chi connectivity index (χ3n) is 2.77. The zero-order valence-electron chi connectivity index (χ0n) is 11.8. The highest BCUT2D eigenvalue weighted by atomic mass is 79.9. The number of carbonyl (C=O) groups excluding carboxylic acids is 2. The quantitative estimate of drug-likeness (QED) is 0.635. The second-order valence-corrected chi connectivity index (χ2v) is 5.68. The van der Waals surface area contributed by atoms with E-state index in [0.717, 1.165) is 0 Å². The lowest BCUT2D eigenvalue weighted by atomic mass is 10.0. The van der Waals surface area contributed by atoms with Crippen LogP contribution in [0.4, 0.5) is 5.69 Å². The van der Waals surface area contributed by atoms with E-state index in [-0.39, 0.29) is 11.8 Å². The molecule has 0 aromatic heterocycles. The molecule has 1 unspecified atom stereocenters. The number of esters is 1. The van der Waals surface area contributed by atoms with Crippen molar-refractivity contribution in [3.05, 3.63) is 28.2 Å². The Hall–Kier alpha value is -1.56. The van der Waals surface area contributed by atoms with Crippen molar-refractivity contribution in [1.82, 2.24) is 5.32 Å². The second-order valence-electron chi connectivity index (χ2n) is 4.89. The summed E-state index contributed by atoms with van der Waals surface area (Å²) in [6, 6.07) is 4.34. The van der Waals surface area contributed by atoms with Crippen LogP contribution >= 0.6 is 15.9 Å². The highest BCUT2D eigenvalue weighted by Crippen LogP contribution is 2.23. The van der Waals surface area contributed by atoms with Crippen LogP contribution in [0.5, 0.6) is 0 Å². The number of halogens is 1. The van der Waals surface area contributed by atoms with Crippen LogP contribution in [-0.4, -0.2) is 25.0 Å². The fraction of sp³-hybridized carbons (Fsp3) is 0.429. The molecule has 1 atom stereocenters. The fourth-order valence-electron chi connectivity index (χ4n) is 1.79. The third-order valence-corrected chi connectivity index (χ3v) is 3.66. The SMILES string of the molecule is COC(=O)C(CC(C)C)NC(=O)c1cccc(N)c1Br. The number of hydrogen-bond acceptors (Lipinski definition) is 4. The smallest absolute Gasteiger partial charge is 0.328 e. The average molecular weight is 343 g/mol. The lowest BCUT2D eigenvalue weighted by Gasteiger charge is -2.18. The summed E-state index contributed by atoms with van der Waals surface area (Å²) in [5.74, 6) is -0.559. The zero-order valence-corrected chi connectivity index (χ0v) is 13.4. The van der Waals surface area contributed by atoms with Crippen molar-refractivity contribution in [3.63, 3.8) is 0 Å². The molecule has 5 nitrogen and oxygen atoms in total. The highest BCUT2D eigenvalue weighted by molar-refractivity contribution is 9.10. The van der Waals surface area contributed by atoms with Gasteiger partial charge in [-0.05, 0) is 40.4 Å². The number of nitrogens with one attached hydrogen (secondary N) is 1. The fourth-order valence-corrected chi connectivity index (χ4v) is 2.23. The first-order valence-electron chi connectivity index (χ1n) is 6.29. The number of nitrogen functional groups attached to an aromatic ring is 1. The van der Waals surface area contributed by atoms with Gasteiger partial charge in [-0.1, -0.05) is 19.9 Å². The molecule has 0 aliphatic rings. The van der Waals surface area contributed by atoms with Gasteiger partial charge in [-0.3, -0.25) is 4.79 Å². The number of methoxy groups -OCH3 is 1. The highest BCUT2D eigenvalue weighted by Gasteiger charge is 2.24. The van der Waals surface area contributed by atoms with Gasteiger partial charge in [-0.15, -0.1) is 0 Å². The number of nitrogens with two attached hydrogens (primary N) is 1. The maximum Gasteiger partial charge on any atom is 0.328 e. The third kappa shape index (κ3) is 4.23. The first-order valence-corrected chi connectivity index (χ1v) is 7.08. The molecule has 110 valence electrons. The summed E-state index contributed by atoms with van der Waals surface area (Å²) in [5.41, 5.74) is 6.60. The van der Waals surface area contributed by atoms with Gasteiger partial charge in [-0.25, -0.2) is 4.79 Å². The summed E-state index contributed by atoms with van der Waals surface area (Å²) in [5, 5.41) is 2.68. The summed E-state index contributed by atoms with van der Waals surface area (Å²) in [7, 11) is 1.30. The van der Waals surface area contributed by atoms with E-state index < -0.39 is 12.0 Å². The van der Waals surface area contributed by atoms with Crippen LogP contribution in [0.3, 0.4) is 0 Å². The van der Waals surface area contributed by atoms with Crippen molar-refractivity contribution < 1.29 is 14.3 Å². The van der Waals surface area contributed by atoms with Gasteiger partial charge < -0.3 is 15.8 Å². The molecular formula is C14H19BrN2O3. The van der Waals surface area contributed by atoms with Gasteiger partial charge >= 0.3 is 5.97 Å². The van der Waals surface area contributed by atoms with Crippen molar-refractivity contribution in [2.75, 3.05) is 12.8 Å². The minimum atomic E-state index is -0.666. The number of carbonyl (C=O) groups is 2. The maximum atomic E-state index is 12.2. The molecule has 0 radical (unpaired) electrons. The summed E-state index contributed by atoms with van der Waals surface area (Å²) >= 11 is 3.27. The van der Waals surface area contributed by atoms with Crippen molar-refractivity contribution in [3.8, 4) is 0 Å². The molecule has 1 amide bonds. The minimum Gasteiger partial charge on any atom is -0.467 e. The molecule has 0 saturated carbocycles. The summed E-state index contributed by atoms with van der Waals surface area (Å²) in [6.45, 7) is 3.94. The number of ether oxygens (including phenoxy) is 1. The number of anilines is 1. The Balaban J connectivity index is 2.90. The molecule has 1 aromatic rings. The van der Waals surface area contributed by atoms with Crippen LogP contribution < -0.4 is 11.1 Å². The van der Waals surface area contributed by atoms with Crippen LogP contribution in [0.15, 0.2) is 22.7 Å². The van der Waals surface area contributed by atoms with E-state index in [1.807, 2.05) is 13.8 Å². The van der Waals surface area contributed by atoms with Crippen LogP contribution in [-0.2, 0) is 9.53 Å². The van der Waals surface area contributed by atoms with Crippen LogP contribution in [0, 0.1) is 5.92 Å². The molecule has 1 rings (SSSR count). The van der Waals surface area contributed by atoms with Crippen molar-refractivity contribution in [2.24, 2.45) is 5.92 Å². The second kappa shape index (κ2) is 7.28. The van der Waals surface area contributed by atoms with Crippen LogP contribution in [0.1, 0.15) is 30.6 Å². The van der Waals surface area contributed by atoms with E-state index in [2.05, 4.69) is 21.2 Å². The Kier molecular flexibility index (Phi) is 6.01. The van der Waals surface area contributed by atoms with Crippen LogP contribution in [0.25, 0.3) is 0 Å². The number of benzene rings is 1. The van der Waals surface area contributed by atoms with Crippen molar-refractivity contribution in [2.45, 2.75) is 26.3 Å². The van der Waals surface area contributed by atoms with Gasteiger partial charge in [0.05, 0.1) is 17.1 Å². The Morgan fingerprint density at radius 3 is 2.60 bits per heavy atom. The van der Waals surface area contributed by atoms with E-state index in [4.69, 9.17) is 10.5 Å². The molecule has 0 bridgehead atoms. The summed E-state index contributed by atoms with van der Waals surface area (Å²) < 4.78 is 5.23. The maximum absolute atomic E-state index is 12.2. The molecule has 0 aliphatic heterocycles. The van der Waals surface area contributed by atoms with Gasteiger partial charge in [-0.2, -0.15) is 0 Å². The Morgan fingerprint density at radius 2 is 2.05 bits per heavy atom. The van der Waals surface area contributed by atoms with Crippen LogP contribution in [0.2, 0.25) is 0 Å². The monoisotopic (exact) mass is 342 g/mol. The van der Waals surface area contributed by atoms with Gasteiger partial charge in [0.2, 0.25) is 0 Å². The summed E-state index contributed by atoms with van der Waals surface area (Å²) in [6.07, 6.45) is 0.512. The molecule has 3 N–H and O–H groups in total. The van der Waals surface area contributed by atoms with E-state index in [1.165, 1.54) is 7.11 Å². The van der Waals surface area contributed by atoms with Crippen molar-refractivity contribution >= 4 is 33.5 Å². The van der Waals surface area contributed by atoms with Gasteiger partial charge in [0.15, 0.2) is 0 Å². The van der Waals surface area contributed by atoms with Gasteiger partial charge in [0.1, 0.15) is 6.04 Å². The predicted octanol–water partition coefficient (Wildman–Crippen LogP) is 2.35. The normalized spacial score (nSPS) is 12.1. The molecule has 0 spiro atoms. The molecule has 0 aliphatic carbocycles. The van der Waals surface area contributed by atoms with E-state index in [9.17, 15) is 9.59 Å². The molecule has 20 heavy (non-hydrogen) atoms. The largest absolute Gasteiger partial charge is 0.467 e. The lowest BCUT2D eigenvalue weighted by molar-refractivity contribution is -0.143. The van der Waals surface area contributed by atoms with E-state index in [0.29, 0.717) is 22.1 Å². The Bertz CT molecular complexity index is 503. The minimum absolute atomic E-state index is 0.253. The first kappa shape index (κ1) is 16.5. The van der Waals surface area contributed by atoms with Gasteiger partial charge in [0, 0.05) is 5.69 Å². The molecule has 1 aromatic carbocycles. The van der Waals surface area contributed by atoms with E-state index >= 15 is 0 Å². The number of amides is 1. The molecule has 6 heteroatoms.